The Bertz CT molecular complexity index is 1250. The zero-order valence-corrected chi connectivity index (χ0v) is 30.0. The molecule has 2 aromatic rings. The molecule has 0 saturated heterocycles. The lowest BCUT2D eigenvalue weighted by Crippen LogP contribution is -2.17. The van der Waals surface area contributed by atoms with Gasteiger partial charge in [-0.3, -0.25) is 0 Å². The van der Waals surface area contributed by atoms with Gasteiger partial charge in [-0.2, -0.15) is 8.78 Å². The van der Waals surface area contributed by atoms with E-state index in [4.69, 9.17) is 56.8 Å². The van der Waals surface area contributed by atoms with Crippen molar-refractivity contribution in [1.82, 2.24) is 0 Å². The van der Waals surface area contributed by atoms with Gasteiger partial charge in [-0.05, 0) is 12.1 Å². The van der Waals surface area contributed by atoms with Crippen LogP contribution in [-0.4, -0.2) is 146 Å². The number of halogens is 5. The maximum atomic E-state index is 14.4. The Labute approximate surface area is 304 Å². The Balaban J connectivity index is 2.26. The first-order valence-corrected chi connectivity index (χ1v) is 16.5. The maximum Gasteiger partial charge on any atom is 0.344 e. The highest BCUT2D eigenvalue weighted by Gasteiger charge is 2.30. The van der Waals surface area contributed by atoms with Gasteiger partial charge in [-0.1, -0.05) is 0 Å². The Morgan fingerprint density at radius 1 is 0.415 bits per heavy atom. The fraction of sp³-hybridized carbons (Fsp3) is 0.618. The lowest BCUT2D eigenvalue weighted by Gasteiger charge is -2.19. The Hall–Kier alpha value is -3.40. The third kappa shape index (κ3) is 17.5. The Kier molecular flexibility index (Phi) is 24.3. The average molecular weight is 775 g/mol. The van der Waals surface area contributed by atoms with Crippen LogP contribution in [-0.2, 0) is 42.6 Å². The van der Waals surface area contributed by atoms with Crippen LogP contribution >= 0.6 is 0 Å². The summed E-state index contributed by atoms with van der Waals surface area (Å²) in [5.74, 6) is -15.2. The van der Waals surface area contributed by atoms with Gasteiger partial charge < -0.3 is 61.6 Å². The lowest BCUT2D eigenvalue weighted by atomic mass is 10.1. The van der Waals surface area contributed by atoms with Crippen molar-refractivity contribution >= 4 is 5.97 Å². The molecule has 0 radical (unpaired) electrons. The molecule has 2 aromatic carbocycles. The second-order valence-electron chi connectivity index (χ2n) is 10.3. The Morgan fingerprint density at radius 3 is 1.08 bits per heavy atom. The summed E-state index contributed by atoms with van der Waals surface area (Å²) in [5, 5.41) is 0. The van der Waals surface area contributed by atoms with Crippen molar-refractivity contribution < 1.29 is 88.3 Å². The minimum Gasteiger partial charge on any atom is -0.487 e. The van der Waals surface area contributed by atoms with Crippen molar-refractivity contribution in [1.29, 1.82) is 0 Å². The van der Waals surface area contributed by atoms with E-state index in [0.29, 0.717) is 46.2 Å². The van der Waals surface area contributed by atoms with E-state index in [2.05, 4.69) is 4.74 Å². The normalized spacial score (nSPS) is 11.2. The summed E-state index contributed by atoms with van der Waals surface area (Å²) in [6.45, 7) is 3.97. The molecule has 0 aliphatic carbocycles. The zero-order chi connectivity index (χ0) is 38.7. The summed E-state index contributed by atoms with van der Waals surface area (Å²) in [4.78, 5) is 13.1. The number of benzene rings is 2. The molecule has 0 aliphatic rings. The van der Waals surface area contributed by atoms with Crippen molar-refractivity contribution in [3.63, 3.8) is 0 Å². The van der Waals surface area contributed by atoms with Gasteiger partial charge in [0.15, 0.2) is 11.5 Å². The number of hydrogen-bond donors (Lipinski definition) is 0. The van der Waals surface area contributed by atoms with E-state index in [-0.39, 0.29) is 89.9 Å². The van der Waals surface area contributed by atoms with Gasteiger partial charge in [-0.25, -0.2) is 18.0 Å². The fourth-order valence-corrected chi connectivity index (χ4v) is 3.89. The zero-order valence-electron chi connectivity index (χ0n) is 30.0. The molecule has 0 bridgehead atoms. The molecule has 0 fully saturated rings. The number of hydrogen-bond acceptors (Lipinski definition) is 14. The highest BCUT2D eigenvalue weighted by atomic mass is 19.2. The number of rotatable bonds is 32. The van der Waals surface area contributed by atoms with Crippen LogP contribution in [0.2, 0.25) is 0 Å². The molecule has 0 aromatic heterocycles. The van der Waals surface area contributed by atoms with Gasteiger partial charge in [0.05, 0.1) is 105 Å². The predicted octanol–water partition coefficient (Wildman–Crippen LogP) is 3.78. The molecule has 0 atom stereocenters. The number of carbonyl (C=O) groups is 1. The molecule has 0 amide bonds. The monoisotopic (exact) mass is 774 g/mol. The van der Waals surface area contributed by atoms with Gasteiger partial charge in [-0.15, -0.1) is 0 Å². The highest BCUT2D eigenvalue weighted by molar-refractivity contribution is 5.92. The molecule has 0 heterocycles. The second kappa shape index (κ2) is 28.1. The van der Waals surface area contributed by atoms with Crippen LogP contribution < -0.4 is 18.9 Å². The highest BCUT2D eigenvalue weighted by Crippen LogP contribution is 2.40. The molecular weight excluding hydrogens is 727 g/mol. The smallest absolute Gasteiger partial charge is 0.344 e. The van der Waals surface area contributed by atoms with E-state index in [1.54, 1.807) is 21.3 Å². The number of methoxy groups -OCH3 is 3. The third-order valence-electron chi connectivity index (χ3n) is 6.48. The van der Waals surface area contributed by atoms with E-state index in [0.717, 1.165) is 12.1 Å². The van der Waals surface area contributed by atoms with Crippen LogP contribution in [0.5, 0.6) is 23.0 Å². The largest absolute Gasteiger partial charge is 0.487 e. The van der Waals surface area contributed by atoms with E-state index in [1.807, 2.05) is 0 Å². The summed E-state index contributed by atoms with van der Waals surface area (Å²) in [7, 11) is 4.64. The molecular formula is C34H47F5O14. The van der Waals surface area contributed by atoms with Gasteiger partial charge in [0.2, 0.25) is 40.6 Å². The van der Waals surface area contributed by atoms with Crippen molar-refractivity contribution in [3.8, 4) is 23.0 Å². The van der Waals surface area contributed by atoms with Crippen molar-refractivity contribution in [2.24, 2.45) is 0 Å². The van der Waals surface area contributed by atoms with Gasteiger partial charge in [0, 0.05) is 21.3 Å². The third-order valence-corrected chi connectivity index (χ3v) is 6.48. The Morgan fingerprint density at radius 2 is 0.717 bits per heavy atom. The van der Waals surface area contributed by atoms with E-state index in [9.17, 15) is 26.7 Å². The maximum absolute atomic E-state index is 14.4. The first kappa shape index (κ1) is 45.8. The lowest BCUT2D eigenvalue weighted by molar-refractivity contribution is 0.0146. The molecule has 0 aliphatic heterocycles. The molecule has 19 heteroatoms. The van der Waals surface area contributed by atoms with E-state index >= 15 is 0 Å². The first-order chi connectivity index (χ1) is 25.8. The van der Waals surface area contributed by atoms with Crippen LogP contribution in [0.15, 0.2) is 12.1 Å². The van der Waals surface area contributed by atoms with Crippen LogP contribution in [0.25, 0.3) is 0 Å². The summed E-state index contributed by atoms with van der Waals surface area (Å²) in [6, 6.07) is 2.17. The molecule has 0 saturated carbocycles. The molecule has 53 heavy (non-hydrogen) atoms. The van der Waals surface area contributed by atoms with Crippen LogP contribution in [0.3, 0.4) is 0 Å². The van der Waals surface area contributed by atoms with E-state index in [1.165, 1.54) is 0 Å². The molecule has 2 rings (SSSR count). The molecule has 0 unspecified atom stereocenters. The van der Waals surface area contributed by atoms with Crippen molar-refractivity contribution in [3.05, 3.63) is 46.8 Å². The first-order valence-electron chi connectivity index (χ1n) is 16.5. The van der Waals surface area contributed by atoms with Crippen LogP contribution in [0, 0.1) is 29.1 Å². The minimum absolute atomic E-state index is 0.0106. The number of esters is 1. The van der Waals surface area contributed by atoms with Crippen molar-refractivity contribution in [2.45, 2.75) is 0 Å². The van der Waals surface area contributed by atoms with Gasteiger partial charge in [0.1, 0.15) is 19.8 Å². The fourth-order valence-electron chi connectivity index (χ4n) is 3.89. The summed E-state index contributed by atoms with van der Waals surface area (Å²) in [6.07, 6.45) is 0. The van der Waals surface area contributed by atoms with Crippen LogP contribution in [0.1, 0.15) is 10.4 Å². The SMILES string of the molecule is COCCOCCOCCOc1cc(C(=O)Oc2c(F)c(F)c(F)c(F)c2F)cc(OCCOCCOCCOC)c1OCCOCCOCCOC. The van der Waals surface area contributed by atoms with Crippen LogP contribution in [0.4, 0.5) is 22.0 Å². The van der Waals surface area contributed by atoms with E-state index < -0.39 is 46.4 Å². The second-order valence-corrected chi connectivity index (χ2v) is 10.3. The minimum atomic E-state index is -2.41. The molecule has 0 spiro atoms. The summed E-state index contributed by atoms with van der Waals surface area (Å²) < 4.78 is 140. The standard InChI is InChI=1S/C34H47F5O14/c1-41-4-7-44-10-13-47-16-19-50-25-22-24(34(40)53-33-30(38)28(36)27(35)29(37)31(33)39)23-26(51-20-17-48-14-11-45-8-5-42-2)32(25)52-21-18-49-15-12-46-9-6-43-3/h22-23H,4-21H2,1-3H3. The molecule has 302 valence electrons. The summed E-state index contributed by atoms with van der Waals surface area (Å²) >= 11 is 0. The number of carbonyl (C=O) groups excluding carboxylic acids is 1. The molecule has 0 N–H and O–H groups in total. The van der Waals surface area contributed by atoms with Gasteiger partial charge >= 0.3 is 5.97 Å². The predicted molar refractivity (Wildman–Crippen MR) is 175 cm³/mol. The van der Waals surface area contributed by atoms with Crippen molar-refractivity contribution in [2.75, 3.05) is 140 Å². The average Bonchev–Trinajstić information content (AvgIpc) is 3.16. The summed E-state index contributed by atoms with van der Waals surface area (Å²) in [5.41, 5.74) is -0.448. The quantitative estimate of drug-likeness (QED) is 0.0266. The number of ether oxygens (including phenoxy) is 13. The molecule has 14 nitrogen and oxygen atoms in total. The topological polar surface area (TPSA) is 137 Å². The van der Waals surface area contributed by atoms with Gasteiger partial charge in [0.25, 0.3) is 0 Å².